The van der Waals surface area contributed by atoms with E-state index < -0.39 is 19.0 Å². The number of pyridine rings is 2. The van der Waals surface area contributed by atoms with Crippen LogP contribution >= 0.6 is 0 Å². The van der Waals surface area contributed by atoms with E-state index in [0.717, 1.165) is 0 Å². The minimum Gasteiger partial charge on any atom is -0.433 e. The van der Waals surface area contributed by atoms with Gasteiger partial charge in [-0.25, -0.2) is 23.7 Å². The van der Waals surface area contributed by atoms with E-state index in [1.54, 1.807) is 38.2 Å². The molecule has 4 heterocycles. The number of ether oxygens (including phenoxy) is 1. The number of nitrogen functional groups attached to an aromatic ring is 1. The fourth-order valence-electron chi connectivity index (χ4n) is 3.06. The number of aryl methyl sites for hydroxylation is 2. The molecule has 1 aliphatic rings. The van der Waals surface area contributed by atoms with Crippen molar-refractivity contribution < 1.29 is 13.5 Å². The summed E-state index contributed by atoms with van der Waals surface area (Å²) in [6.45, 7) is 2.59. The van der Waals surface area contributed by atoms with Crippen LogP contribution < -0.4 is 15.4 Å². The SMILES string of the molecule is Cc1nc(N2CC(F)(F)C2)nc(C)c1Oc1nc(-c2cncc(C#N)c2)ccc1N. The number of alkyl halides is 2. The van der Waals surface area contributed by atoms with Crippen molar-refractivity contribution in [1.29, 1.82) is 5.26 Å². The van der Waals surface area contributed by atoms with E-state index in [2.05, 4.69) is 19.9 Å². The van der Waals surface area contributed by atoms with Crippen molar-refractivity contribution in [3.8, 4) is 29.0 Å². The van der Waals surface area contributed by atoms with Gasteiger partial charge in [-0.15, -0.1) is 0 Å². The highest BCUT2D eigenvalue weighted by Crippen LogP contribution is 2.35. The number of halogens is 2. The van der Waals surface area contributed by atoms with E-state index in [1.165, 1.54) is 11.1 Å². The third kappa shape index (κ3) is 3.69. The lowest BCUT2D eigenvalue weighted by Gasteiger charge is -2.38. The van der Waals surface area contributed by atoms with Gasteiger partial charge in [-0.3, -0.25) is 4.98 Å². The Hall–Kier alpha value is -3.87. The van der Waals surface area contributed by atoms with E-state index in [0.29, 0.717) is 39.6 Å². The molecule has 0 bridgehead atoms. The van der Waals surface area contributed by atoms with Crippen molar-refractivity contribution in [2.75, 3.05) is 23.7 Å². The number of aromatic nitrogens is 4. The summed E-state index contributed by atoms with van der Waals surface area (Å²) in [6, 6.07) is 7.03. The molecule has 2 N–H and O–H groups in total. The predicted molar refractivity (Wildman–Crippen MR) is 105 cm³/mol. The predicted octanol–water partition coefficient (Wildman–Crippen LogP) is 3.25. The maximum atomic E-state index is 13.1. The molecule has 0 saturated carbocycles. The molecule has 152 valence electrons. The van der Waals surface area contributed by atoms with Crippen LogP contribution in [0.5, 0.6) is 11.6 Å². The van der Waals surface area contributed by atoms with Gasteiger partial charge in [0.1, 0.15) is 6.07 Å². The lowest BCUT2D eigenvalue weighted by Crippen LogP contribution is -2.57. The first kappa shape index (κ1) is 19.4. The zero-order valence-corrected chi connectivity index (χ0v) is 16.2. The molecule has 4 rings (SSSR count). The first-order chi connectivity index (χ1) is 14.3. The number of hydrogen-bond donors (Lipinski definition) is 1. The van der Waals surface area contributed by atoms with Gasteiger partial charge in [-0.2, -0.15) is 5.26 Å². The molecule has 1 saturated heterocycles. The van der Waals surface area contributed by atoms with Gasteiger partial charge in [0.25, 0.3) is 5.92 Å². The molecular weight excluding hydrogens is 392 g/mol. The van der Waals surface area contributed by atoms with Crippen molar-refractivity contribution in [3.63, 3.8) is 0 Å². The van der Waals surface area contributed by atoms with Gasteiger partial charge in [-0.1, -0.05) is 0 Å². The maximum Gasteiger partial charge on any atom is 0.282 e. The Labute approximate surface area is 171 Å². The lowest BCUT2D eigenvalue weighted by atomic mass is 10.1. The molecule has 8 nitrogen and oxygen atoms in total. The van der Waals surface area contributed by atoms with E-state index >= 15 is 0 Å². The van der Waals surface area contributed by atoms with E-state index in [4.69, 9.17) is 15.7 Å². The second-order valence-corrected chi connectivity index (χ2v) is 7.00. The molecule has 0 unspecified atom stereocenters. The summed E-state index contributed by atoms with van der Waals surface area (Å²) in [5, 5.41) is 9.06. The first-order valence-corrected chi connectivity index (χ1v) is 9.04. The topological polar surface area (TPSA) is 114 Å². The van der Waals surface area contributed by atoms with Gasteiger partial charge in [0.05, 0.1) is 41.4 Å². The van der Waals surface area contributed by atoms with Crippen molar-refractivity contribution in [2.45, 2.75) is 19.8 Å². The van der Waals surface area contributed by atoms with Gasteiger partial charge in [0, 0.05) is 18.0 Å². The third-order valence-corrected chi connectivity index (χ3v) is 4.57. The molecule has 10 heteroatoms. The molecular formula is C20H17F2N7O. The van der Waals surface area contributed by atoms with Gasteiger partial charge >= 0.3 is 0 Å². The number of nitrogens with zero attached hydrogens (tertiary/aromatic N) is 6. The fraction of sp³-hybridized carbons (Fsp3) is 0.250. The fourth-order valence-corrected chi connectivity index (χ4v) is 3.06. The van der Waals surface area contributed by atoms with Gasteiger partial charge in [-0.05, 0) is 32.0 Å². The van der Waals surface area contributed by atoms with Crippen molar-refractivity contribution in [2.24, 2.45) is 0 Å². The summed E-state index contributed by atoms with van der Waals surface area (Å²) in [6.07, 6.45) is 3.04. The molecule has 1 fully saturated rings. The summed E-state index contributed by atoms with van der Waals surface area (Å²) in [4.78, 5) is 18.5. The highest BCUT2D eigenvalue weighted by molar-refractivity contribution is 5.64. The Morgan fingerprint density at radius 2 is 1.83 bits per heavy atom. The van der Waals surface area contributed by atoms with E-state index in [9.17, 15) is 8.78 Å². The largest absolute Gasteiger partial charge is 0.433 e. The van der Waals surface area contributed by atoms with Gasteiger partial charge in [0.2, 0.25) is 11.8 Å². The number of anilines is 2. The minimum atomic E-state index is -2.71. The standard InChI is InChI=1S/C20H17F2N7O/c1-11-17(12(2)27-19(26-11)29-9-20(21,22)10-29)30-18-15(24)3-4-16(28-18)14-5-13(6-23)7-25-8-14/h3-5,7-8H,9-10,24H2,1-2H3. The number of nitrogens with two attached hydrogens (primary N) is 1. The zero-order valence-electron chi connectivity index (χ0n) is 16.2. The number of rotatable bonds is 4. The Morgan fingerprint density at radius 3 is 2.47 bits per heavy atom. The van der Waals surface area contributed by atoms with Crippen LogP contribution in [0.15, 0.2) is 30.6 Å². The second-order valence-electron chi connectivity index (χ2n) is 7.00. The Balaban J connectivity index is 1.63. The van der Waals surface area contributed by atoms with Crippen LogP contribution in [0.4, 0.5) is 20.4 Å². The summed E-state index contributed by atoms with van der Waals surface area (Å²) in [5.41, 5.74) is 8.85. The summed E-state index contributed by atoms with van der Waals surface area (Å²) in [5.74, 6) is -1.98. The zero-order chi connectivity index (χ0) is 21.5. The first-order valence-electron chi connectivity index (χ1n) is 9.04. The molecule has 0 aliphatic carbocycles. The molecule has 3 aromatic heterocycles. The Morgan fingerprint density at radius 1 is 1.13 bits per heavy atom. The highest BCUT2D eigenvalue weighted by atomic mass is 19.3. The van der Waals surface area contributed by atoms with Gasteiger partial charge < -0.3 is 15.4 Å². The third-order valence-electron chi connectivity index (χ3n) is 4.57. The average molecular weight is 409 g/mol. The normalized spacial score (nSPS) is 14.7. The molecule has 1 aliphatic heterocycles. The number of hydrogen-bond acceptors (Lipinski definition) is 8. The van der Waals surface area contributed by atoms with Crippen LogP contribution in [0.2, 0.25) is 0 Å². The van der Waals surface area contributed by atoms with Crippen molar-refractivity contribution in [3.05, 3.63) is 47.5 Å². The van der Waals surface area contributed by atoms with Gasteiger partial charge in [0.15, 0.2) is 5.75 Å². The maximum absolute atomic E-state index is 13.1. The molecule has 0 spiro atoms. The Kier molecular flexibility index (Phi) is 4.66. The average Bonchev–Trinajstić information content (AvgIpc) is 2.70. The quantitative estimate of drug-likeness (QED) is 0.698. The van der Waals surface area contributed by atoms with Crippen LogP contribution in [0, 0.1) is 25.2 Å². The molecule has 0 amide bonds. The van der Waals surface area contributed by atoms with E-state index in [-0.39, 0.29) is 11.8 Å². The highest BCUT2D eigenvalue weighted by Gasteiger charge is 2.45. The van der Waals surface area contributed by atoms with Crippen molar-refractivity contribution >= 4 is 11.6 Å². The van der Waals surface area contributed by atoms with Crippen LogP contribution in [-0.4, -0.2) is 38.9 Å². The Bertz CT molecular complexity index is 1150. The van der Waals surface area contributed by atoms with Crippen molar-refractivity contribution in [1.82, 2.24) is 19.9 Å². The molecule has 30 heavy (non-hydrogen) atoms. The molecule has 3 aromatic rings. The van der Waals surface area contributed by atoms with E-state index in [1.807, 2.05) is 6.07 Å². The second kappa shape index (κ2) is 7.18. The summed E-state index contributed by atoms with van der Waals surface area (Å²) in [7, 11) is 0. The van der Waals surface area contributed by atoms with Crippen LogP contribution in [0.1, 0.15) is 17.0 Å². The smallest absolute Gasteiger partial charge is 0.282 e. The minimum absolute atomic E-state index is 0.146. The number of nitriles is 1. The molecule has 0 aromatic carbocycles. The molecule has 0 radical (unpaired) electrons. The van der Waals surface area contributed by atoms with Crippen LogP contribution in [0.3, 0.4) is 0 Å². The lowest BCUT2D eigenvalue weighted by molar-refractivity contribution is -0.0272. The van der Waals surface area contributed by atoms with Crippen LogP contribution in [-0.2, 0) is 0 Å². The van der Waals surface area contributed by atoms with Crippen LogP contribution in [0.25, 0.3) is 11.3 Å². The monoisotopic (exact) mass is 409 g/mol. The summed E-state index contributed by atoms with van der Waals surface area (Å²) < 4.78 is 32.2. The summed E-state index contributed by atoms with van der Waals surface area (Å²) >= 11 is 0. The molecule has 0 atom stereocenters.